The largest absolute Gasteiger partial charge is 0.719 e. The zero-order chi connectivity index (χ0) is 12.1. The smallest absolute Gasteiger partial charge is 0.278 e. The second-order valence-electron chi connectivity index (χ2n) is 2.80. The lowest BCUT2D eigenvalue weighted by atomic mass is 10.2. The van der Waals surface area contributed by atoms with Gasteiger partial charge in [0.1, 0.15) is 0 Å². The molecule has 0 bridgehead atoms. The third-order valence-electron chi connectivity index (χ3n) is 1.49. The molecule has 0 aliphatic rings. The summed E-state index contributed by atoms with van der Waals surface area (Å²) in [5.41, 5.74) is 4.29. The highest BCUT2D eigenvalue weighted by Crippen LogP contribution is 1.98. The van der Waals surface area contributed by atoms with Crippen LogP contribution in [0.3, 0.4) is 0 Å². The van der Waals surface area contributed by atoms with Gasteiger partial charge in [-0.3, -0.25) is 4.79 Å². The van der Waals surface area contributed by atoms with Gasteiger partial charge in [0.15, 0.2) is 0 Å². The van der Waals surface area contributed by atoms with Gasteiger partial charge in [0.2, 0.25) is 0 Å². The van der Waals surface area contributed by atoms with E-state index in [4.69, 9.17) is 4.79 Å². The normalized spacial score (nSPS) is 8.67. The topological polar surface area (TPSA) is 72.2 Å². The number of primary amides is 1. The molecule has 0 saturated carbocycles. The van der Waals surface area contributed by atoms with E-state index >= 15 is 0 Å². The van der Waals surface area contributed by atoms with Gasteiger partial charge < -0.3 is 28.5 Å². The van der Waals surface area contributed by atoms with E-state index in [1.54, 1.807) is 6.26 Å². The molecule has 3 N–H and O–H groups in total. The number of hydrogen-bond acceptors (Lipinski definition) is 4. The molecule has 0 aromatic carbocycles. The molecule has 0 aliphatic carbocycles. The van der Waals surface area contributed by atoms with Gasteiger partial charge in [-0.15, -0.1) is 0 Å². The third kappa shape index (κ3) is 24.7. The van der Waals surface area contributed by atoms with Crippen molar-refractivity contribution in [2.45, 2.75) is 32.6 Å². The van der Waals surface area contributed by atoms with Crippen molar-refractivity contribution in [3.63, 3.8) is 0 Å². The van der Waals surface area contributed by atoms with Gasteiger partial charge in [-0.1, -0.05) is 37.9 Å². The van der Waals surface area contributed by atoms with Crippen LogP contribution in [0.4, 0.5) is 9.59 Å². The van der Waals surface area contributed by atoms with E-state index < -0.39 is 5.24 Å². The van der Waals surface area contributed by atoms with Gasteiger partial charge in [0.25, 0.3) is 5.24 Å². The van der Waals surface area contributed by atoms with E-state index in [2.05, 4.69) is 30.6 Å². The fraction of sp³-hybridized carbons (Fsp3) is 0.778. The van der Waals surface area contributed by atoms with Gasteiger partial charge in [0, 0.05) is 6.54 Å². The first-order valence-electron chi connectivity index (χ1n) is 4.82. The number of nitrogens with one attached hydrogen (secondary N) is 1. The quantitative estimate of drug-likeness (QED) is 0.580. The predicted molar refractivity (Wildman–Crippen MR) is 68.0 cm³/mol. The molecule has 0 saturated heterocycles. The van der Waals surface area contributed by atoms with Crippen molar-refractivity contribution in [2.24, 2.45) is 5.73 Å². The van der Waals surface area contributed by atoms with Gasteiger partial charge in [-0.25, -0.2) is 0 Å². The Morgan fingerprint density at radius 2 is 1.87 bits per heavy atom. The fourth-order valence-corrected chi connectivity index (χ4v) is 1.06. The SMILES string of the molecule is CCCCCCNC(=O)SC.NC(=O)[S-]. The number of carbonyl (C=O) groups excluding carboxylic acids is 2. The Bertz CT molecular complexity index is 173. The minimum Gasteiger partial charge on any atom is -0.719 e. The average molecular weight is 251 g/mol. The van der Waals surface area contributed by atoms with E-state index in [9.17, 15) is 4.79 Å². The predicted octanol–water partition coefficient (Wildman–Crippen LogP) is 2.25. The Balaban J connectivity index is 0. The van der Waals surface area contributed by atoms with Crippen molar-refractivity contribution in [2.75, 3.05) is 12.8 Å². The van der Waals surface area contributed by atoms with Gasteiger partial charge in [0.05, 0.1) is 5.24 Å². The number of amides is 2. The molecule has 0 atom stereocenters. The van der Waals surface area contributed by atoms with E-state index in [0.29, 0.717) is 0 Å². The summed E-state index contributed by atoms with van der Waals surface area (Å²) >= 11 is 5.00. The summed E-state index contributed by atoms with van der Waals surface area (Å²) in [6.07, 6.45) is 6.65. The van der Waals surface area contributed by atoms with Crippen LogP contribution in [0.5, 0.6) is 0 Å². The first kappa shape index (κ1) is 16.9. The highest BCUT2D eigenvalue weighted by atomic mass is 32.2. The van der Waals surface area contributed by atoms with Crippen LogP contribution in [-0.2, 0) is 12.6 Å². The van der Waals surface area contributed by atoms with E-state index in [-0.39, 0.29) is 5.24 Å². The maximum atomic E-state index is 10.7. The Kier molecular flexibility index (Phi) is 15.2. The third-order valence-corrected chi connectivity index (χ3v) is 2.00. The second-order valence-corrected chi connectivity index (χ2v) is 3.98. The highest BCUT2D eigenvalue weighted by molar-refractivity contribution is 8.12. The number of rotatable bonds is 5. The molecule has 2 amide bonds. The summed E-state index contributed by atoms with van der Waals surface area (Å²) < 4.78 is 0. The minimum absolute atomic E-state index is 0.0847. The van der Waals surface area contributed by atoms with Crippen molar-refractivity contribution >= 4 is 34.9 Å². The van der Waals surface area contributed by atoms with Gasteiger partial charge >= 0.3 is 0 Å². The van der Waals surface area contributed by atoms with Crippen molar-refractivity contribution in [3.8, 4) is 0 Å². The number of hydrogen-bond donors (Lipinski definition) is 2. The monoisotopic (exact) mass is 251 g/mol. The lowest BCUT2D eigenvalue weighted by molar-refractivity contribution is 0.260. The van der Waals surface area contributed by atoms with Crippen LogP contribution in [0.2, 0.25) is 0 Å². The van der Waals surface area contributed by atoms with Gasteiger partial charge in [-0.2, -0.15) is 0 Å². The Morgan fingerprint density at radius 3 is 2.27 bits per heavy atom. The maximum absolute atomic E-state index is 10.7. The van der Waals surface area contributed by atoms with Crippen molar-refractivity contribution in [1.29, 1.82) is 0 Å². The van der Waals surface area contributed by atoms with Crippen LogP contribution in [0.15, 0.2) is 0 Å². The van der Waals surface area contributed by atoms with Crippen molar-refractivity contribution < 1.29 is 9.59 Å². The molecule has 4 nitrogen and oxygen atoms in total. The van der Waals surface area contributed by atoms with Gasteiger partial charge in [-0.05, 0) is 12.7 Å². The lowest BCUT2D eigenvalue weighted by Crippen LogP contribution is -2.19. The summed E-state index contributed by atoms with van der Waals surface area (Å²) in [4.78, 5) is 19.7. The van der Waals surface area contributed by atoms with Crippen LogP contribution >= 0.6 is 11.8 Å². The lowest BCUT2D eigenvalue weighted by Gasteiger charge is -2.01. The molecule has 0 spiro atoms. The first-order valence-corrected chi connectivity index (χ1v) is 6.46. The molecule has 0 radical (unpaired) electrons. The summed E-state index contributed by atoms with van der Waals surface area (Å²) in [6.45, 7) is 3.01. The van der Waals surface area contributed by atoms with Crippen LogP contribution in [0.1, 0.15) is 32.6 Å². The maximum Gasteiger partial charge on any atom is 0.278 e. The molecule has 0 fully saturated rings. The molecule has 0 aliphatic heterocycles. The molecule has 15 heavy (non-hydrogen) atoms. The molecule has 0 rings (SSSR count). The summed E-state index contributed by atoms with van der Waals surface area (Å²) in [5, 5.41) is 2.15. The summed E-state index contributed by atoms with van der Waals surface area (Å²) in [7, 11) is 0. The highest BCUT2D eigenvalue weighted by Gasteiger charge is 1.94. The molecular formula is C9H19N2O2S2-. The number of nitrogens with two attached hydrogens (primary N) is 1. The van der Waals surface area contributed by atoms with E-state index in [1.165, 1.54) is 31.0 Å². The Labute approximate surface area is 101 Å². The molecule has 0 unspecified atom stereocenters. The van der Waals surface area contributed by atoms with Crippen LogP contribution in [0, 0.1) is 0 Å². The fourth-order valence-electron chi connectivity index (χ4n) is 0.814. The van der Waals surface area contributed by atoms with Crippen LogP contribution in [-0.4, -0.2) is 23.3 Å². The number of unbranched alkanes of at least 4 members (excludes halogenated alkanes) is 3. The molecule has 0 heterocycles. The molecule has 90 valence electrons. The summed E-state index contributed by atoms with van der Waals surface area (Å²) in [5.74, 6) is 0. The molecule has 6 heteroatoms. The second kappa shape index (κ2) is 13.5. The molecule has 0 aromatic heterocycles. The van der Waals surface area contributed by atoms with Crippen LogP contribution in [0.25, 0.3) is 0 Å². The summed E-state index contributed by atoms with van der Waals surface area (Å²) in [6, 6.07) is 0. The standard InChI is InChI=1S/C8H17NOS.CH3NOS/c1-3-4-5-6-7-9-8(10)11-2;2-1(3)4/h3-7H2,1-2H3,(H,9,10);(H3,2,3,4)/p-1. The zero-order valence-electron chi connectivity index (χ0n) is 9.25. The zero-order valence-corrected chi connectivity index (χ0v) is 10.9. The Morgan fingerprint density at radius 1 is 1.33 bits per heavy atom. The minimum atomic E-state index is -0.750. The van der Waals surface area contributed by atoms with Crippen molar-refractivity contribution in [3.05, 3.63) is 0 Å². The number of carbonyl (C=O) groups is 2. The van der Waals surface area contributed by atoms with Crippen LogP contribution < -0.4 is 11.1 Å². The first-order chi connectivity index (χ1) is 7.04. The average Bonchev–Trinajstić information content (AvgIpc) is 2.16. The van der Waals surface area contributed by atoms with E-state index in [0.717, 1.165) is 13.0 Å². The number of thioether (sulfide) groups is 1. The Hall–Kier alpha value is -0.490. The molecule has 0 aromatic rings. The molecular weight excluding hydrogens is 232 g/mol. The van der Waals surface area contributed by atoms with Crippen molar-refractivity contribution in [1.82, 2.24) is 5.32 Å². The van der Waals surface area contributed by atoms with E-state index in [1.807, 2.05) is 0 Å².